The highest BCUT2D eigenvalue weighted by Gasteiger charge is 2.50. The number of nitrogens with one attached hydrogen (secondary N) is 3. The normalized spacial score (nSPS) is 21.3. The number of benzene rings is 3. The van der Waals surface area contributed by atoms with Crippen molar-refractivity contribution in [2.45, 2.75) is 88.4 Å². The van der Waals surface area contributed by atoms with E-state index in [1.165, 1.54) is 7.11 Å². The molecule has 12 nitrogen and oxygen atoms in total. The maximum absolute atomic E-state index is 14.6. The third-order valence-electron chi connectivity index (χ3n) is 11.7. The number of Topliss-reactive ketones (excluding diaryl/α,β-unsaturated/α-hetero) is 1. The lowest BCUT2D eigenvalue weighted by atomic mass is 9.79. The number of fused-ring (bicyclic) bond motifs is 1. The van der Waals surface area contributed by atoms with Gasteiger partial charge in [0.05, 0.1) is 49.4 Å². The molecule has 2 aliphatic heterocycles. The van der Waals surface area contributed by atoms with E-state index < -0.39 is 48.6 Å². The molecule has 0 spiro atoms. The lowest BCUT2D eigenvalue weighted by molar-refractivity contribution is -0.121. The van der Waals surface area contributed by atoms with Gasteiger partial charge in [-0.05, 0) is 84.8 Å². The fourth-order valence-electron chi connectivity index (χ4n) is 8.90. The molecule has 1 unspecified atom stereocenters. The minimum atomic E-state index is -3.05. The van der Waals surface area contributed by atoms with E-state index in [1.807, 2.05) is 30.6 Å². The zero-order valence-electron chi connectivity index (χ0n) is 33.2. The summed E-state index contributed by atoms with van der Waals surface area (Å²) in [5, 5.41) is 4.92. The standard InChI is InChI=1S/C45H45F2N7O5/c1-44(2,3)59-43(57)54-24-45(46,47)20-36(54)41-49-22-35(51-41)31-12-11-29-17-28(9-10-30(29)18-31)25-5-7-26(8-6-25)34-21-48-40(50-34)32-19-37(55)38-33(52-42(56)58-4)14-13-27-15-16-53(23-32)39(27)38/h5-12,15-18,21-22,32-33,36,38H,13-14,19-20,23-24H2,1-4H3,(H,48,50)(H,49,51)(H,52,56)/t32-,33-,36-,38?/m0/s1. The zero-order valence-corrected chi connectivity index (χ0v) is 33.2. The molecule has 59 heavy (non-hydrogen) atoms. The summed E-state index contributed by atoms with van der Waals surface area (Å²) in [5.74, 6) is -2.51. The first kappa shape index (κ1) is 38.2. The Morgan fingerprint density at radius 3 is 2.25 bits per heavy atom. The van der Waals surface area contributed by atoms with E-state index in [4.69, 9.17) is 14.5 Å². The Morgan fingerprint density at radius 1 is 0.881 bits per heavy atom. The van der Waals surface area contributed by atoms with Crippen molar-refractivity contribution in [1.29, 1.82) is 0 Å². The van der Waals surface area contributed by atoms with Gasteiger partial charge in [0.25, 0.3) is 5.92 Å². The van der Waals surface area contributed by atoms with Crippen LogP contribution in [-0.4, -0.2) is 78.6 Å². The number of likely N-dealkylation sites (tertiary alicyclic amines) is 1. The van der Waals surface area contributed by atoms with Crippen molar-refractivity contribution in [1.82, 2.24) is 34.7 Å². The number of carbonyl (C=O) groups is 3. The molecule has 9 rings (SSSR count). The van der Waals surface area contributed by atoms with Gasteiger partial charge in [-0.2, -0.15) is 0 Å². The quantitative estimate of drug-likeness (QED) is 0.152. The Kier molecular flexibility index (Phi) is 9.40. The first-order chi connectivity index (χ1) is 28.2. The fourth-order valence-corrected chi connectivity index (χ4v) is 8.90. The number of aromatic nitrogens is 5. The van der Waals surface area contributed by atoms with Crippen molar-refractivity contribution in [3.63, 3.8) is 0 Å². The topological polar surface area (TPSA) is 147 Å². The number of methoxy groups -OCH3 is 1. The van der Waals surface area contributed by atoms with Gasteiger partial charge in [0.1, 0.15) is 23.0 Å². The van der Waals surface area contributed by atoms with Gasteiger partial charge >= 0.3 is 12.2 Å². The van der Waals surface area contributed by atoms with E-state index in [0.717, 1.165) is 67.1 Å². The number of hydrogen-bond acceptors (Lipinski definition) is 7. The molecule has 1 aliphatic carbocycles. The summed E-state index contributed by atoms with van der Waals surface area (Å²) >= 11 is 0. The molecule has 14 heteroatoms. The van der Waals surface area contributed by atoms with Crippen molar-refractivity contribution in [3.05, 3.63) is 108 Å². The number of amides is 2. The first-order valence-corrected chi connectivity index (χ1v) is 19.9. The number of alkyl carbamates (subject to hydrolysis) is 1. The van der Waals surface area contributed by atoms with Crippen molar-refractivity contribution in [2.75, 3.05) is 13.7 Å². The number of hydrogen-bond donors (Lipinski definition) is 3. The molecule has 3 aromatic heterocycles. The maximum Gasteiger partial charge on any atom is 0.411 e. The van der Waals surface area contributed by atoms with Gasteiger partial charge in [-0.3, -0.25) is 9.69 Å². The van der Waals surface area contributed by atoms with E-state index in [9.17, 15) is 23.2 Å². The molecular weight excluding hydrogens is 757 g/mol. The Balaban J connectivity index is 0.892. The number of ether oxygens (including phenoxy) is 2. The summed E-state index contributed by atoms with van der Waals surface area (Å²) in [4.78, 5) is 55.7. The Hall–Kier alpha value is -6.31. The summed E-state index contributed by atoms with van der Waals surface area (Å²) in [6.45, 7) is 4.99. The van der Waals surface area contributed by atoms with Gasteiger partial charge in [-0.15, -0.1) is 0 Å². The first-order valence-electron chi connectivity index (χ1n) is 19.9. The molecule has 1 saturated heterocycles. The maximum atomic E-state index is 14.6. The highest BCUT2D eigenvalue weighted by atomic mass is 19.3. The van der Waals surface area contributed by atoms with Gasteiger partial charge in [0, 0.05) is 48.8 Å². The number of imidazole rings is 2. The molecule has 3 aromatic carbocycles. The predicted molar refractivity (Wildman–Crippen MR) is 217 cm³/mol. The van der Waals surface area contributed by atoms with E-state index in [-0.39, 0.29) is 23.6 Å². The highest BCUT2D eigenvalue weighted by molar-refractivity contribution is 5.91. The number of H-pyrrole nitrogens is 2. The van der Waals surface area contributed by atoms with Crippen molar-refractivity contribution < 1.29 is 32.6 Å². The molecule has 2 amide bonds. The third kappa shape index (κ3) is 7.47. The van der Waals surface area contributed by atoms with Gasteiger partial charge in [-0.1, -0.05) is 48.5 Å². The van der Waals surface area contributed by atoms with Gasteiger partial charge < -0.3 is 29.3 Å². The lowest BCUT2D eigenvalue weighted by Crippen LogP contribution is -2.44. The second-order valence-corrected chi connectivity index (χ2v) is 16.9. The predicted octanol–water partition coefficient (Wildman–Crippen LogP) is 8.92. The van der Waals surface area contributed by atoms with Crippen LogP contribution in [-0.2, 0) is 27.2 Å². The molecule has 6 aromatic rings. The number of rotatable bonds is 6. The second kappa shape index (κ2) is 14.5. The molecule has 3 N–H and O–H groups in total. The van der Waals surface area contributed by atoms with E-state index in [0.29, 0.717) is 25.1 Å². The zero-order chi connectivity index (χ0) is 41.2. The number of nitrogens with zero attached hydrogens (tertiary/aromatic N) is 4. The molecule has 0 bridgehead atoms. The van der Waals surface area contributed by atoms with Crippen LogP contribution < -0.4 is 5.32 Å². The molecule has 304 valence electrons. The highest BCUT2D eigenvalue weighted by Crippen LogP contribution is 2.42. The van der Waals surface area contributed by atoms with Gasteiger partial charge in [0.2, 0.25) is 0 Å². The van der Waals surface area contributed by atoms with Gasteiger partial charge in [0.15, 0.2) is 0 Å². The SMILES string of the molecule is COC(=O)N[C@H]1CCc2ccn3c2C1C(=O)C[C@H](c1ncc(-c2ccc(-c4ccc5cc(-c6cnc([C@@H]7CC(F)(F)CN7C(=O)OC(C)(C)C)[nH]6)ccc5c4)cc2)[nH]1)C3. The Morgan fingerprint density at radius 2 is 1.53 bits per heavy atom. The van der Waals surface area contributed by atoms with Crippen LogP contribution in [0.25, 0.3) is 44.4 Å². The minimum absolute atomic E-state index is 0.0846. The summed E-state index contributed by atoms with van der Waals surface area (Å²) in [7, 11) is 1.33. The van der Waals surface area contributed by atoms with Crippen LogP contribution in [0.1, 0.15) is 80.8 Å². The van der Waals surface area contributed by atoms with E-state index in [2.05, 4.69) is 73.4 Å². The van der Waals surface area contributed by atoms with Crippen molar-refractivity contribution in [2.24, 2.45) is 0 Å². The Bertz CT molecular complexity index is 2590. The van der Waals surface area contributed by atoms with Crippen molar-refractivity contribution in [3.8, 4) is 33.6 Å². The molecule has 5 heterocycles. The number of alkyl halides is 2. The van der Waals surface area contributed by atoms with Crippen LogP contribution in [0.3, 0.4) is 0 Å². The third-order valence-corrected chi connectivity index (χ3v) is 11.7. The van der Waals surface area contributed by atoms with Gasteiger partial charge in [-0.25, -0.2) is 28.3 Å². The van der Waals surface area contributed by atoms with Crippen LogP contribution >= 0.6 is 0 Å². The van der Waals surface area contributed by atoms with Crippen LogP contribution in [0.5, 0.6) is 0 Å². The summed E-state index contributed by atoms with van der Waals surface area (Å²) in [6.07, 6.45) is 5.38. The minimum Gasteiger partial charge on any atom is -0.453 e. The smallest absolute Gasteiger partial charge is 0.411 e. The second-order valence-electron chi connectivity index (χ2n) is 16.9. The monoisotopic (exact) mass is 801 g/mol. The van der Waals surface area contributed by atoms with Crippen LogP contribution in [0.2, 0.25) is 0 Å². The number of ketones is 1. The van der Waals surface area contributed by atoms with E-state index in [1.54, 1.807) is 27.0 Å². The number of aromatic amines is 2. The molecule has 1 fully saturated rings. The molecule has 0 saturated carbocycles. The number of carbonyl (C=O) groups excluding carboxylic acids is 3. The Labute approximate surface area is 339 Å². The summed E-state index contributed by atoms with van der Waals surface area (Å²) < 4.78 is 41.5. The molecule has 0 radical (unpaired) electrons. The van der Waals surface area contributed by atoms with Crippen molar-refractivity contribution >= 4 is 28.7 Å². The lowest BCUT2D eigenvalue weighted by Gasteiger charge is -2.31. The fraction of sp³-hybridized carbons (Fsp3) is 0.356. The average molecular weight is 802 g/mol. The van der Waals surface area contributed by atoms with Crippen LogP contribution in [0, 0.1) is 0 Å². The summed E-state index contributed by atoms with van der Waals surface area (Å²) in [6, 6.07) is 21.3. The number of halogens is 2. The largest absolute Gasteiger partial charge is 0.453 e. The van der Waals surface area contributed by atoms with Crippen LogP contribution in [0.4, 0.5) is 18.4 Å². The molecule has 3 aliphatic rings. The number of aryl methyl sites for hydroxylation is 1. The average Bonchev–Trinajstić information content (AvgIpc) is 4.02. The molecular formula is C45H45F2N7O5. The molecule has 4 atom stereocenters. The summed E-state index contributed by atoms with van der Waals surface area (Å²) in [5.41, 5.74) is 6.72. The van der Waals surface area contributed by atoms with E-state index >= 15 is 0 Å². The van der Waals surface area contributed by atoms with Crippen LogP contribution in [0.15, 0.2) is 85.3 Å².